The van der Waals surface area contributed by atoms with Crippen LogP contribution in [0.1, 0.15) is 46.2 Å². The Labute approximate surface area is 201 Å². The number of hydrogen-bond donors (Lipinski definition) is 0. The molecule has 2 aliphatic heterocycles. The van der Waals surface area contributed by atoms with Gasteiger partial charge in [0.15, 0.2) is 0 Å². The van der Waals surface area contributed by atoms with Gasteiger partial charge in [-0.05, 0) is 56.5 Å². The van der Waals surface area contributed by atoms with Gasteiger partial charge < -0.3 is 14.5 Å². The molecule has 1 amide bonds. The molecule has 5 rings (SSSR count). The van der Waals surface area contributed by atoms with Crippen molar-refractivity contribution in [3.63, 3.8) is 0 Å². The monoisotopic (exact) mass is 456 g/mol. The van der Waals surface area contributed by atoms with Crippen LogP contribution in [-0.4, -0.2) is 60.2 Å². The minimum Gasteiger partial charge on any atom is -0.378 e. The van der Waals surface area contributed by atoms with E-state index in [1.165, 1.54) is 5.56 Å². The van der Waals surface area contributed by atoms with E-state index in [9.17, 15) is 4.79 Å². The predicted octanol–water partition coefficient (Wildman–Crippen LogP) is 4.62. The summed E-state index contributed by atoms with van der Waals surface area (Å²) in [7, 11) is 0. The lowest BCUT2D eigenvalue weighted by atomic mass is 9.89. The van der Waals surface area contributed by atoms with E-state index in [1.54, 1.807) is 0 Å². The molecule has 2 aromatic carbocycles. The molecule has 3 aromatic rings. The minimum absolute atomic E-state index is 0.0983. The molecule has 3 heterocycles. The Hall–Kier alpha value is -3.25. The molecular weight excluding hydrogens is 424 g/mol. The van der Waals surface area contributed by atoms with E-state index in [1.807, 2.05) is 30.2 Å². The number of rotatable bonds is 4. The summed E-state index contributed by atoms with van der Waals surface area (Å²) in [6.07, 6.45) is 3.94. The first-order valence-corrected chi connectivity index (χ1v) is 12.2. The van der Waals surface area contributed by atoms with Crippen LogP contribution in [0.5, 0.6) is 0 Å². The molecular formula is C28H32N4O2. The van der Waals surface area contributed by atoms with E-state index in [2.05, 4.69) is 53.2 Å². The van der Waals surface area contributed by atoms with Gasteiger partial charge >= 0.3 is 0 Å². The van der Waals surface area contributed by atoms with Crippen LogP contribution in [0.3, 0.4) is 0 Å². The highest BCUT2D eigenvalue weighted by molar-refractivity contribution is 5.94. The number of ether oxygens (including phenoxy) is 1. The van der Waals surface area contributed by atoms with Crippen LogP contribution in [0, 0.1) is 13.8 Å². The molecule has 0 N–H and O–H groups in total. The first-order chi connectivity index (χ1) is 16.6. The summed E-state index contributed by atoms with van der Waals surface area (Å²) < 4.78 is 5.45. The Kier molecular flexibility index (Phi) is 6.59. The van der Waals surface area contributed by atoms with Crippen molar-refractivity contribution < 1.29 is 9.53 Å². The van der Waals surface area contributed by atoms with E-state index < -0.39 is 0 Å². The highest BCUT2D eigenvalue weighted by Gasteiger charge is 2.28. The molecule has 0 radical (unpaired) electrons. The fraction of sp³-hybridized carbons (Fsp3) is 0.393. The molecule has 0 saturated carbocycles. The second-order valence-electron chi connectivity index (χ2n) is 9.32. The highest BCUT2D eigenvalue weighted by atomic mass is 16.5. The molecule has 6 nitrogen and oxygen atoms in total. The number of nitrogens with zero attached hydrogens (tertiary/aromatic N) is 4. The molecule has 0 bridgehead atoms. The van der Waals surface area contributed by atoms with E-state index in [4.69, 9.17) is 9.72 Å². The number of aryl methyl sites for hydroxylation is 2. The van der Waals surface area contributed by atoms with Gasteiger partial charge in [0.1, 0.15) is 5.82 Å². The average Bonchev–Trinajstić information content (AvgIpc) is 2.89. The maximum absolute atomic E-state index is 13.4. The van der Waals surface area contributed by atoms with Crippen molar-refractivity contribution in [3.8, 4) is 11.1 Å². The van der Waals surface area contributed by atoms with E-state index in [0.717, 1.165) is 79.6 Å². The molecule has 2 fully saturated rings. The van der Waals surface area contributed by atoms with Gasteiger partial charge in [0.25, 0.3) is 5.91 Å². The van der Waals surface area contributed by atoms with Gasteiger partial charge in [0, 0.05) is 55.1 Å². The lowest BCUT2D eigenvalue weighted by molar-refractivity contribution is 0.0706. The quantitative estimate of drug-likeness (QED) is 0.574. The Morgan fingerprint density at radius 3 is 2.59 bits per heavy atom. The average molecular weight is 457 g/mol. The Balaban J connectivity index is 1.35. The second-order valence-corrected chi connectivity index (χ2v) is 9.32. The van der Waals surface area contributed by atoms with Crippen molar-refractivity contribution >= 4 is 11.6 Å². The summed E-state index contributed by atoms with van der Waals surface area (Å²) in [6, 6.07) is 16.5. The zero-order valence-electron chi connectivity index (χ0n) is 20.0. The van der Waals surface area contributed by atoms with Gasteiger partial charge in [0.2, 0.25) is 0 Å². The SMILES string of the molecule is Cc1cccc(-c2cnc(C)nc2[C@H]2CCCN(C(=O)c3ccc(N4CCOCC4)cc3)C2)c1. The minimum atomic E-state index is 0.0983. The number of likely N-dealkylation sites (tertiary alicyclic amines) is 1. The fourth-order valence-corrected chi connectivity index (χ4v) is 5.04. The molecule has 1 atom stereocenters. The Morgan fingerprint density at radius 1 is 1.03 bits per heavy atom. The third kappa shape index (κ3) is 4.82. The van der Waals surface area contributed by atoms with Crippen molar-refractivity contribution in [1.29, 1.82) is 0 Å². The second kappa shape index (κ2) is 9.94. The maximum Gasteiger partial charge on any atom is 0.253 e. The maximum atomic E-state index is 13.4. The van der Waals surface area contributed by atoms with Crippen LogP contribution in [0.4, 0.5) is 5.69 Å². The summed E-state index contributed by atoms with van der Waals surface area (Å²) in [5.41, 5.74) is 6.37. The van der Waals surface area contributed by atoms with Crippen molar-refractivity contribution in [2.75, 3.05) is 44.3 Å². The molecule has 0 aliphatic carbocycles. The van der Waals surface area contributed by atoms with Gasteiger partial charge in [-0.15, -0.1) is 0 Å². The molecule has 34 heavy (non-hydrogen) atoms. The topological polar surface area (TPSA) is 58.6 Å². The number of aromatic nitrogens is 2. The van der Waals surface area contributed by atoms with Crippen molar-refractivity contribution in [3.05, 3.63) is 77.4 Å². The Bertz CT molecular complexity index is 1160. The first kappa shape index (κ1) is 22.5. The van der Waals surface area contributed by atoms with Crippen LogP contribution >= 0.6 is 0 Å². The van der Waals surface area contributed by atoms with Crippen LogP contribution < -0.4 is 4.90 Å². The highest BCUT2D eigenvalue weighted by Crippen LogP contribution is 2.34. The number of piperidine rings is 1. The van der Waals surface area contributed by atoms with E-state index >= 15 is 0 Å². The van der Waals surface area contributed by atoms with Gasteiger partial charge in [0.05, 0.1) is 18.9 Å². The summed E-state index contributed by atoms with van der Waals surface area (Å²) in [4.78, 5) is 27.0. The summed E-state index contributed by atoms with van der Waals surface area (Å²) in [5, 5.41) is 0. The molecule has 1 aromatic heterocycles. The number of carbonyl (C=O) groups excluding carboxylic acids is 1. The lowest BCUT2D eigenvalue weighted by Crippen LogP contribution is -2.39. The standard InChI is InChI=1S/C28H32N4O2/c1-20-5-3-6-23(17-20)26-18-29-21(2)30-27(26)24-7-4-12-32(19-24)28(33)22-8-10-25(11-9-22)31-13-15-34-16-14-31/h3,5-6,8-11,17-18,24H,4,7,12-16,19H2,1-2H3/t24-/m0/s1. The molecule has 2 aliphatic rings. The molecule has 176 valence electrons. The van der Waals surface area contributed by atoms with E-state index in [0.29, 0.717) is 6.54 Å². The number of hydrogen-bond acceptors (Lipinski definition) is 5. The number of amides is 1. The van der Waals surface area contributed by atoms with Crippen molar-refractivity contribution in [1.82, 2.24) is 14.9 Å². The van der Waals surface area contributed by atoms with Crippen molar-refractivity contribution in [2.24, 2.45) is 0 Å². The normalized spacial score (nSPS) is 18.7. The smallest absolute Gasteiger partial charge is 0.253 e. The van der Waals surface area contributed by atoms with Gasteiger partial charge in [-0.1, -0.05) is 29.8 Å². The van der Waals surface area contributed by atoms with Crippen LogP contribution in [0.2, 0.25) is 0 Å². The summed E-state index contributed by atoms with van der Waals surface area (Å²) >= 11 is 0. The number of morpholine rings is 1. The van der Waals surface area contributed by atoms with Crippen LogP contribution in [-0.2, 0) is 4.74 Å². The van der Waals surface area contributed by atoms with Crippen LogP contribution in [0.25, 0.3) is 11.1 Å². The van der Waals surface area contributed by atoms with Gasteiger partial charge in [-0.3, -0.25) is 4.79 Å². The number of anilines is 1. The predicted molar refractivity (Wildman–Crippen MR) is 134 cm³/mol. The molecule has 6 heteroatoms. The third-order valence-electron chi connectivity index (χ3n) is 6.85. The molecule has 0 spiro atoms. The third-order valence-corrected chi connectivity index (χ3v) is 6.85. The molecule has 0 unspecified atom stereocenters. The Morgan fingerprint density at radius 2 is 1.82 bits per heavy atom. The zero-order chi connectivity index (χ0) is 23.5. The summed E-state index contributed by atoms with van der Waals surface area (Å²) in [6.45, 7) is 8.79. The largest absolute Gasteiger partial charge is 0.378 e. The van der Waals surface area contributed by atoms with E-state index in [-0.39, 0.29) is 11.8 Å². The fourth-order valence-electron chi connectivity index (χ4n) is 5.04. The van der Waals surface area contributed by atoms with Gasteiger partial charge in [-0.25, -0.2) is 9.97 Å². The van der Waals surface area contributed by atoms with Crippen LogP contribution in [0.15, 0.2) is 54.7 Å². The summed E-state index contributed by atoms with van der Waals surface area (Å²) in [5.74, 6) is 1.07. The van der Waals surface area contributed by atoms with Gasteiger partial charge in [-0.2, -0.15) is 0 Å². The zero-order valence-corrected chi connectivity index (χ0v) is 20.0. The lowest BCUT2D eigenvalue weighted by Gasteiger charge is -2.33. The van der Waals surface area contributed by atoms with Crippen molar-refractivity contribution in [2.45, 2.75) is 32.6 Å². The number of benzene rings is 2. The molecule has 2 saturated heterocycles. The first-order valence-electron chi connectivity index (χ1n) is 12.2. The number of carbonyl (C=O) groups is 1.